The Morgan fingerprint density at radius 2 is 1.73 bits per heavy atom. The molecule has 0 aliphatic rings. The van der Waals surface area contributed by atoms with Gasteiger partial charge in [-0.05, 0) is 11.8 Å². The molecule has 1 N–H and O–H groups in total. The van der Waals surface area contributed by atoms with Crippen LogP contribution in [-0.4, -0.2) is 7.05 Å². The molecular formula is C13H12NPd-. The molecule has 0 amide bonds. The quantitative estimate of drug-likeness (QED) is 0.661. The van der Waals surface area contributed by atoms with Crippen molar-refractivity contribution >= 4 is 5.69 Å². The second-order valence-electron chi connectivity index (χ2n) is 3.07. The van der Waals surface area contributed by atoms with Gasteiger partial charge >= 0.3 is 0 Å². The van der Waals surface area contributed by atoms with Crippen LogP contribution in [0.2, 0.25) is 0 Å². The van der Waals surface area contributed by atoms with Gasteiger partial charge in [-0.15, -0.1) is 35.9 Å². The maximum Gasteiger partial charge on any atom is 0.00260 e. The number of rotatable bonds is 2. The molecule has 0 aromatic heterocycles. The Labute approximate surface area is 104 Å². The van der Waals surface area contributed by atoms with Crippen LogP contribution in [0.3, 0.4) is 0 Å². The van der Waals surface area contributed by atoms with Crippen molar-refractivity contribution in [3.8, 4) is 11.1 Å². The van der Waals surface area contributed by atoms with E-state index in [1.807, 2.05) is 37.4 Å². The van der Waals surface area contributed by atoms with Crippen LogP contribution >= 0.6 is 0 Å². The third kappa shape index (κ3) is 2.68. The third-order valence-corrected chi connectivity index (χ3v) is 2.20. The van der Waals surface area contributed by atoms with Crippen LogP contribution in [0.15, 0.2) is 48.5 Å². The minimum Gasteiger partial charge on any atom is -0.395 e. The fraction of sp³-hybridized carbons (Fsp3) is 0.0769. The van der Waals surface area contributed by atoms with Crippen LogP contribution in [0.1, 0.15) is 0 Å². The van der Waals surface area contributed by atoms with Crippen molar-refractivity contribution in [3.63, 3.8) is 0 Å². The summed E-state index contributed by atoms with van der Waals surface area (Å²) in [5.41, 5.74) is 3.45. The van der Waals surface area contributed by atoms with E-state index in [4.69, 9.17) is 0 Å². The molecule has 0 aliphatic carbocycles. The molecule has 2 heteroatoms. The molecule has 0 atom stereocenters. The molecule has 2 aromatic rings. The maximum atomic E-state index is 3.22. The van der Waals surface area contributed by atoms with Gasteiger partial charge in [-0.1, -0.05) is 23.8 Å². The Kier molecular flexibility index (Phi) is 4.55. The van der Waals surface area contributed by atoms with Crippen LogP contribution < -0.4 is 5.32 Å². The summed E-state index contributed by atoms with van der Waals surface area (Å²) in [4.78, 5) is 0. The molecule has 0 aliphatic heterocycles. The van der Waals surface area contributed by atoms with Crippen molar-refractivity contribution in [2.75, 3.05) is 12.4 Å². The zero-order valence-electron chi connectivity index (χ0n) is 8.44. The fourth-order valence-corrected chi connectivity index (χ4v) is 1.50. The predicted molar refractivity (Wildman–Crippen MR) is 60.3 cm³/mol. The molecule has 2 aromatic carbocycles. The van der Waals surface area contributed by atoms with Gasteiger partial charge in [0, 0.05) is 27.5 Å². The van der Waals surface area contributed by atoms with Crippen LogP contribution in [0.4, 0.5) is 5.69 Å². The zero-order chi connectivity index (χ0) is 9.80. The Hall–Kier alpha value is -1.10. The van der Waals surface area contributed by atoms with Crippen molar-refractivity contribution in [2.45, 2.75) is 0 Å². The summed E-state index contributed by atoms with van der Waals surface area (Å²) in [6.45, 7) is 0. The largest absolute Gasteiger partial charge is 0.395 e. The van der Waals surface area contributed by atoms with E-state index in [1.54, 1.807) is 0 Å². The van der Waals surface area contributed by atoms with Crippen molar-refractivity contribution in [3.05, 3.63) is 54.6 Å². The molecule has 0 fully saturated rings. The summed E-state index contributed by atoms with van der Waals surface area (Å²) in [5.74, 6) is 0. The predicted octanol–water partition coefficient (Wildman–Crippen LogP) is 3.19. The zero-order valence-corrected chi connectivity index (χ0v) is 9.99. The van der Waals surface area contributed by atoms with E-state index in [9.17, 15) is 0 Å². The molecule has 0 unspecified atom stereocenters. The standard InChI is InChI=1S/C13H12N.Pd/c1-14-13-10-6-5-9-12(13)11-7-3-2-4-8-11;/h2-7,9-10,14H,1H3;/q-1;. The van der Waals surface area contributed by atoms with Crippen LogP contribution in [-0.2, 0) is 20.4 Å². The average Bonchev–Trinajstić information content (AvgIpc) is 2.30. The SMILES string of the molecule is CNc1ccccc1-c1[c-]cccc1.[Pd]. The molecule has 0 spiro atoms. The number of hydrogen-bond acceptors (Lipinski definition) is 1. The topological polar surface area (TPSA) is 12.0 Å². The summed E-state index contributed by atoms with van der Waals surface area (Å²) in [6, 6.07) is 19.4. The molecule has 0 saturated heterocycles. The fourth-order valence-electron chi connectivity index (χ4n) is 1.50. The van der Waals surface area contributed by atoms with Gasteiger partial charge in [-0.25, -0.2) is 0 Å². The van der Waals surface area contributed by atoms with E-state index in [1.165, 1.54) is 5.56 Å². The molecular weight excluding hydrogens is 277 g/mol. The van der Waals surface area contributed by atoms with Crippen LogP contribution in [0.25, 0.3) is 11.1 Å². The number of anilines is 1. The molecule has 0 radical (unpaired) electrons. The second kappa shape index (κ2) is 5.70. The van der Waals surface area contributed by atoms with Crippen molar-refractivity contribution in [2.24, 2.45) is 0 Å². The molecule has 80 valence electrons. The van der Waals surface area contributed by atoms with E-state index in [0.29, 0.717) is 0 Å². The first-order valence-electron chi connectivity index (χ1n) is 4.65. The van der Waals surface area contributed by atoms with Crippen molar-refractivity contribution in [1.82, 2.24) is 0 Å². The van der Waals surface area contributed by atoms with Gasteiger partial charge in [0.1, 0.15) is 0 Å². The van der Waals surface area contributed by atoms with Crippen molar-refractivity contribution < 1.29 is 20.4 Å². The van der Waals surface area contributed by atoms with E-state index in [2.05, 4.69) is 29.6 Å². The summed E-state index contributed by atoms with van der Waals surface area (Å²) < 4.78 is 0. The van der Waals surface area contributed by atoms with Gasteiger partial charge in [0.25, 0.3) is 0 Å². The summed E-state index contributed by atoms with van der Waals surface area (Å²) in [5, 5.41) is 3.17. The number of nitrogens with one attached hydrogen (secondary N) is 1. The molecule has 2 rings (SSSR count). The third-order valence-electron chi connectivity index (χ3n) is 2.20. The van der Waals surface area contributed by atoms with Gasteiger partial charge in [-0.2, -0.15) is 0 Å². The smallest absolute Gasteiger partial charge is 0.00260 e. The van der Waals surface area contributed by atoms with Gasteiger partial charge in [0.15, 0.2) is 0 Å². The maximum absolute atomic E-state index is 3.22. The molecule has 1 nitrogen and oxygen atoms in total. The van der Waals surface area contributed by atoms with E-state index in [0.717, 1.165) is 11.3 Å². The Morgan fingerprint density at radius 3 is 2.40 bits per heavy atom. The van der Waals surface area contributed by atoms with Gasteiger partial charge in [0.2, 0.25) is 0 Å². The van der Waals surface area contributed by atoms with Crippen molar-refractivity contribution in [1.29, 1.82) is 0 Å². The van der Waals surface area contributed by atoms with E-state index >= 15 is 0 Å². The number of hydrogen-bond donors (Lipinski definition) is 1. The molecule has 0 heterocycles. The Morgan fingerprint density at radius 1 is 1.00 bits per heavy atom. The summed E-state index contributed by atoms with van der Waals surface area (Å²) in [6.07, 6.45) is 0. The van der Waals surface area contributed by atoms with E-state index < -0.39 is 0 Å². The monoisotopic (exact) mass is 288 g/mol. The first-order valence-corrected chi connectivity index (χ1v) is 4.65. The molecule has 0 saturated carbocycles. The Bertz CT molecular complexity index is 412. The Balaban J connectivity index is 0.00000112. The van der Waals surface area contributed by atoms with E-state index in [-0.39, 0.29) is 20.4 Å². The van der Waals surface area contributed by atoms with Gasteiger partial charge in [0.05, 0.1) is 0 Å². The molecule has 0 bridgehead atoms. The summed E-state index contributed by atoms with van der Waals surface area (Å²) in [7, 11) is 1.93. The van der Waals surface area contributed by atoms with Crippen LogP contribution in [0, 0.1) is 6.07 Å². The first kappa shape index (κ1) is 12.0. The minimum absolute atomic E-state index is 0. The minimum atomic E-state index is 0. The first-order chi connectivity index (χ1) is 6.92. The van der Waals surface area contributed by atoms with Gasteiger partial charge in [-0.3, -0.25) is 0 Å². The second-order valence-corrected chi connectivity index (χ2v) is 3.07. The average molecular weight is 289 g/mol. The van der Waals surface area contributed by atoms with Gasteiger partial charge < -0.3 is 5.32 Å². The number of benzene rings is 2. The molecule has 15 heavy (non-hydrogen) atoms. The summed E-state index contributed by atoms with van der Waals surface area (Å²) >= 11 is 0. The number of para-hydroxylation sites is 1. The normalized spacial score (nSPS) is 9.13. The van der Waals surface area contributed by atoms with Crippen LogP contribution in [0.5, 0.6) is 0 Å².